The number of carbonyl (C=O) groups excluding carboxylic acids is 1. The Labute approximate surface area is 175 Å². The number of piperidine rings is 1. The smallest absolute Gasteiger partial charge is 0.225 e. The summed E-state index contributed by atoms with van der Waals surface area (Å²) in [6.45, 7) is 8.66. The van der Waals surface area contributed by atoms with Crippen LogP contribution in [0.2, 0.25) is 0 Å². The van der Waals surface area contributed by atoms with Crippen molar-refractivity contribution in [1.29, 1.82) is 0 Å². The van der Waals surface area contributed by atoms with Crippen molar-refractivity contribution in [2.45, 2.75) is 45.4 Å². The SMILES string of the molecule is CCNC(=NCCCC1CC1)N1CCC(C(=O)N2CCOCC2)CC1.I. The van der Waals surface area contributed by atoms with Crippen LogP contribution < -0.4 is 5.32 Å². The van der Waals surface area contributed by atoms with Gasteiger partial charge in [-0.25, -0.2) is 0 Å². The molecule has 1 aliphatic carbocycles. The van der Waals surface area contributed by atoms with Crippen molar-refractivity contribution in [3.63, 3.8) is 0 Å². The van der Waals surface area contributed by atoms with E-state index in [2.05, 4.69) is 17.1 Å². The first-order valence-electron chi connectivity index (χ1n) is 10.2. The van der Waals surface area contributed by atoms with E-state index in [0.29, 0.717) is 19.1 Å². The number of nitrogens with one attached hydrogen (secondary N) is 1. The maximum atomic E-state index is 12.6. The average Bonchev–Trinajstić information content (AvgIpc) is 3.49. The molecule has 1 amide bonds. The molecule has 0 unspecified atom stereocenters. The molecule has 1 N–H and O–H groups in total. The van der Waals surface area contributed by atoms with Gasteiger partial charge in [0, 0.05) is 45.2 Å². The van der Waals surface area contributed by atoms with E-state index in [4.69, 9.17) is 9.73 Å². The zero-order valence-electron chi connectivity index (χ0n) is 16.1. The minimum Gasteiger partial charge on any atom is -0.378 e. The highest BCUT2D eigenvalue weighted by Crippen LogP contribution is 2.33. The van der Waals surface area contributed by atoms with E-state index in [0.717, 1.165) is 64.0 Å². The Hall–Kier alpha value is -0.570. The van der Waals surface area contributed by atoms with Crippen LogP contribution in [-0.4, -0.2) is 74.1 Å². The number of amides is 1. The second-order valence-electron chi connectivity index (χ2n) is 7.52. The molecular weight excluding hydrogens is 443 g/mol. The Morgan fingerprint density at radius 1 is 1.08 bits per heavy atom. The van der Waals surface area contributed by atoms with Crippen LogP contribution in [0, 0.1) is 11.8 Å². The predicted molar refractivity (Wildman–Crippen MR) is 115 cm³/mol. The molecule has 0 atom stereocenters. The number of hydrogen-bond donors (Lipinski definition) is 1. The zero-order valence-corrected chi connectivity index (χ0v) is 18.5. The van der Waals surface area contributed by atoms with Crippen molar-refractivity contribution in [3.8, 4) is 0 Å². The third kappa shape index (κ3) is 6.55. The highest BCUT2D eigenvalue weighted by molar-refractivity contribution is 14.0. The van der Waals surface area contributed by atoms with Gasteiger partial charge in [0.1, 0.15) is 0 Å². The van der Waals surface area contributed by atoms with E-state index in [1.165, 1.54) is 25.7 Å². The van der Waals surface area contributed by atoms with Gasteiger partial charge in [0.15, 0.2) is 5.96 Å². The summed E-state index contributed by atoms with van der Waals surface area (Å²) in [5.41, 5.74) is 0. The number of rotatable bonds is 6. The Morgan fingerprint density at radius 2 is 1.77 bits per heavy atom. The maximum absolute atomic E-state index is 12.6. The normalized spacial score (nSPS) is 22.1. The molecule has 7 heteroatoms. The van der Waals surface area contributed by atoms with Crippen LogP contribution in [0.5, 0.6) is 0 Å². The molecule has 1 saturated carbocycles. The molecule has 150 valence electrons. The zero-order chi connectivity index (χ0) is 17.5. The molecule has 2 saturated heterocycles. The Kier molecular flexibility index (Phi) is 9.45. The molecule has 3 rings (SSSR count). The van der Waals surface area contributed by atoms with Crippen LogP contribution >= 0.6 is 24.0 Å². The second kappa shape index (κ2) is 11.3. The van der Waals surface area contributed by atoms with Gasteiger partial charge in [-0.05, 0) is 38.5 Å². The molecule has 0 aromatic carbocycles. The number of ether oxygens (including phenoxy) is 1. The van der Waals surface area contributed by atoms with Crippen molar-refractivity contribution >= 4 is 35.8 Å². The molecule has 0 aromatic heterocycles. The van der Waals surface area contributed by atoms with Crippen molar-refractivity contribution in [2.75, 3.05) is 52.5 Å². The summed E-state index contributed by atoms with van der Waals surface area (Å²) in [6, 6.07) is 0. The third-order valence-corrected chi connectivity index (χ3v) is 5.53. The monoisotopic (exact) mass is 478 g/mol. The first-order chi connectivity index (χ1) is 12.3. The fourth-order valence-corrected chi connectivity index (χ4v) is 3.78. The van der Waals surface area contributed by atoms with Crippen LogP contribution in [0.4, 0.5) is 0 Å². The van der Waals surface area contributed by atoms with Gasteiger partial charge in [-0.15, -0.1) is 24.0 Å². The quantitative estimate of drug-likeness (QED) is 0.276. The van der Waals surface area contributed by atoms with Gasteiger partial charge in [0.2, 0.25) is 5.91 Å². The topological polar surface area (TPSA) is 57.2 Å². The molecule has 0 bridgehead atoms. The summed E-state index contributed by atoms with van der Waals surface area (Å²) in [5, 5.41) is 3.43. The first-order valence-corrected chi connectivity index (χ1v) is 10.2. The highest BCUT2D eigenvalue weighted by Gasteiger charge is 2.30. The standard InChI is InChI=1S/C19H34N4O2.HI/c1-2-20-19(21-9-3-4-16-5-6-16)23-10-7-17(8-11-23)18(24)22-12-14-25-15-13-22;/h16-17H,2-15H2,1H3,(H,20,21);1H. The van der Waals surface area contributed by atoms with E-state index in [1.807, 2.05) is 4.90 Å². The van der Waals surface area contributed by atoms with Gasteiger partial charge in [-0.1, -0.05) is 12.8 Å². The van der Waals surface area contributed by atoms with Gasteiger partial charge in [0.05, 0.1) is 13.2 Å². The molecule has 2 aliphatic heterocycles. The predicted octanol–water partition coefficient (Wildman–Crippen LogP) is 2.33. The molecule has 0 radical (unpaired) electrons. The van der Waals surface area contributed by atoms with Crippen molar-refractivity contribution in [3.05, 3.63) is 0 Å². The summed E-state index contributed by atoms with van der Waals surface area (Å²) < 4.78 is 5.35. The van der Waals surface area contributed by atoms with Crippen LogP contribution in [0.25, 0.3) is 0 Å². The maximum Gasteiger partial charge on any atom is 0.225 e. The minimum atomic E-state index is 0. The lowest BCUT2D eigenvalue weighted by Gasteiger charge is -2.36. The number of halogens is 1. The molecule has 3 fully saturated rings. The lowest BCUT2D eigenvalue weighted by molar-refractivity contribution is -0.140. The Morgan fingerprint density at radius 3 is 2.38 bits per heavy atom. The van der Waals surface area contributed by atoms with E-state index in [9.17, 15) is 4.79 Å². The molecule has 6 nitrogen and oxygen atoms in total. The Bertz CT molecular complexity index is 456. The summed E-state index contributed by atoms with van der Waals surface area (Å²) >= 11 is 0. The molecule has 2 heterocycles. The fourth-order valence-electron chi connectivity index (χ4n) is 3.78. The number of nitrogens with zero attached hydrogens (tertiary/aromatic N) is 3. The van der Waals surface area contributed by atoms with Gasteiger partial charge < -0.3 is 19.9 Å². The first kappa shape index (κ1) is 21.7. The number of likely N-dealkylation sites (tertiary alicyclic amines) is 1. The van der Waals surface area contributed by atoms with Crippen molar-refractivity contribution < 1.29 is 9.53 Å². The summed E-state index contributed by atoms with van der Waals surface area (Å²) in [6.07, 6.45) is 7.25. The summed E-state index contributed by atoms with van der Waals surface area (Å²) in [7, 11) is 0. The van der Waals surface area contributed by atoms with Crippen molar-refractivity contribution in [2.24, 2.45) is 16.8 Å². The number of aliphatic imine (C=N–C) groups is 1. The van der Waals surface area contributed by atoms with Crippen LogP contribution in [-0.2, 0) is 9.53 Å². The van der Waals surface area contributed by atoms with Gasteiger partial charge >= 0.3 is 0 Å². The number of morpholine rings is 1. The largest absolute Gasteiger partial charge is 0.378 e. The summed E-state index contributed by atoms with van der Waals surface area (Å²) in [4.78, 5) is 21.8. The minimum absolute atomic E-state index is 0. The highest BCUT2D eigenvalue weighted by atomic mass is 127. The van der Waals surface area contributed by atoms with Crippen LogP contribution in [0.3, 0.4) is 0 Å². The fraction of sp³-hybridized carbons (Fsp3) is 0.895. The van der Waals surface area contributed by atoms with E-state index in [1.54, 1.807) is 0 Å². The summed E-state index contributed by atoms with van der Waals surface area (Å²) in [5.74, 6) is 2.52. The number of carbonyl (C=O) groups is 1. The van der Waals surface area contributed by atoms with Gasteiger partial charge in [-0.2, -0.15) is 0 Å². The van der Waals surface area contributed by atoms with E-state index in [-0.39, 0.29) is 29.9 Å². The second-order valence-corrected chi connectivity index (χ2v) is 7.52. The lowest BCUT2D eigenvalue weighted by atomic mass is 9.95. The molecule has 0 aromatic rings. The average molecular weight is 478 g/mol. The van der Waals surface area contributed by atoms with E-state index >= 15 is 0 Å². The Balaban J connectivity index is 0.00000243. The lowest BCUT2D eigenvalue weighted by Crippen LogP contribution is -2.50. The van der Waals surface area contributed by atoms with Gasteiger partial charge in [0.25, 0.3) is 0 Å². The molecule has 3 aliphatic rings. The van der Waals surface area contributed by atoms with Crippen LogP contribution in [0.1, 0.15) is 45.4 Å². The van der Waals surface area contributed by atoms with Crippen LogP contribution in [0.15, 0.2) is 4.99 Å². The van der Waals surface area contributed by atoms with Gasteiger partial charge in [-0.3, -0.25) is 9.79 Å². The molecular formula is C19H35IN4O2. The number of hydrogen-bond acceptors (Lipinski definition) is 3. The third-order valence-electron chi connectivity index (χ3n) is 5.53. The van der Waals surface area contributed by atoms with E-state index < -0.39 is 0 Å². The molecule has 0 spiro atoms. The number of guanidine groups is 1. The van der Waals surface area contributed by atoms with Crippen molar-refractivity contribution in [1.82, 2.24) is 15.1 Å². The molecule has 26 heavy (non-hydrogen) atoms.